The monoisotopic (exact) mass is 235 g/mol. The maximum atomic E-state index is 5.57. The molecule has 0 fully saturated rings. The van der Waals surface area contributed by atoms with E-state index in [9.17, 15) is 0 Å². The van der Waals surface area contributed by atoms with E-state index in [4.69, 9.17) is 4.74 Å². The van der Waals surface area contributed by atoms with Gasteiger partial charge in [-0.3, -0.25) is 0 Å². The number of hydrogen-bond donors (Lipinski definition) is 1. The Morgan fingerprint density at radius 2 is 1.76 bits per heavy atom. The summed E-state index contributed by atoms with van der Waals surface area (Å²) in [6.45, 7) is 9.53. The van der Waals surface area contributed by atoms with Crippen molar-refractivity contribution in [3.8, 4) is 5.75 Å². The molecule has 0 aromatic heterocycles. The molecule has 0 saturated heterocycles. The SMILES string of the molecule is CCCOc1ccc([C@H](C)N[C@@H](C)CC)cc1. The molecule has 0 aliphatic heterocycles. The molecule has 0 amide bonds. The van der Waals surface area contributed by atoms with Crippen LogP contribution in [0.3, 0.4) is 0 Å². The molecule has 0 radical (unpaired) electrons. The average molecular weight is 235 g/mol. The molecule has 0 saturated carbocycles. The van der Waals surface area contributed by atoms with Gasteiger partial charge in [0, 0.05) is 12.1 Å². The Balaban J connectivity index is 2.54. The summed E-state index contributed by atoms with van der Waals surface area (Å²) in [5, 5.41) is 3.57. The molecule has 0 unspecified atom stereocenters. The summed E-state index contributed by atoms with van der Waals surface area (Å²) >= 11 is 0. The molecular weight excluding hydrogens is 210 g/mol. The maximum absolute atomic E-state index is 5.57. The van der Waals surface area contributed by atoms with Crippen LogP contribution in [0.25, 0.3) is 0 Å². The molecule has 1 aromatic rings. The van der Waals surface area contributed by atoms with Crippen LogP contribution in [-0.4, -0.2) is 12.6 Å². The Bertz CT molecular complexity index is 307. The van der Waals surface area contributed by atoms with Gasteiger partial charge in [0.2, 0.25) is 0 Å². The molecule has 0 spiro atoms. The summed E-state index contributed by atoms with van der Waals surface area (Å²) in [7, 11) is 0. The normalized spacial score (nSPS) is 14.4. The van der Waals surface area contributed by atoms with Crippen LogP contribution in [0.1, 0.15) is 52.1 Å². The highest BCUT2D eigenvalue weighted by atomic mass is 16.5. The van der Waals surface area contributed by atoms with E-state index < -0.39 is 0 Å². The van der Waals surface area contributed by atoms with Crippen LogP contribution >= 0.6 is 0 Å². The van der Waals surface area contributed by atoms with Gasteiger partial charge in [0.05, 0.1) is 6.61 Å². The van der Waals surface area contributed by atoms with Gasteiger partial charge in [0.1, 0.15) is 5.75 Å². The van der Waals surface area contributed by atoms with Gasteiger partial charge in [-0.1, -0.05) is 26.0 Å². The third-order valence-electron chi connectivity index (χ3n) is 3.00. The molecule has 2 heteroatoms. The average Bonchev–Trinajstić information content (AvgIpc) is 2.36. The fraction of sp³-hybridized carbons (Fsp3) is 0.600. The third kappa shape index (κ3) is 4.78. The van der Waals surface area contributed by atoms with Crippen LogP contribution in [0, 0.1) is 0 Å². The maximum Gasteiger partial charge on any atom is 0.119 e. The fourth-order valence-electron chi connectivity index (χ4n) is 1.71. The molecule has 0 heterocycles. The van der Waals surface area contributed by atoms with E-state index in [0.717, 1.165) is 25.2 Å². The molecule has 0 aliphatic carbocycles. The van der Waals surface area contributed by atoms with E-state index >= 15 is 0 Å². The Morgan fingerprint density at radius 3 is 2.29 bits per heavy atom. The first-order valence-electron chi connectivity index (χ1n) is 6.66. The minimum Gasteiger partial charge on any atom is -0.494 e. The second-order valence-electron chi connectivity index (χ2n) is 4.62. The van der Waals surface area contributed by atoms with Gasteiger partial charge < -0.3 is 10.1 Å². The Hall–Kier alpha value is -1.02. The molecule has 0 bridgehead atoms. The lowest BCUT2D eigenvalue weighted by Gasteiger charge is -2.19. The highest BCUT2D eigenvalue weighted by Crippen LogP contribution is 2.18. The minimum atomic E-state index is 0.394. The second-order valence-corrected chi connectivity index (χ2v) is 4.62. The summed E-state index contributed by atoms with van der Waals surface area (Å²) in [5.74, 6) is 0.964. The van der Waals surface area contributed by atoms with Crippen LogP contribution in [-0.2, 0) is 0 Å². The molecule has 0 aliphatic rings. The summed E-state index contributed by atoms with van der Waals surface area (Å²) in [4.78, 5) is 0. The zero-order chi connectivity index (χ0) is 12.7. The predicted molar refractivity (Wildman–Crippen MR) is 73.5 cm³/mol. The van der Waals surface area contributed by atoms with Gasteiger partial charge in [-0.05, 0) is 44.4 Å². The van der Waals surface area contributed by atoms with Crippen molar-refractivity contribution in [3.05, 3.63) is 29.8 Å². The van der Waals surface area contributed by atoms with Crippen LogP contribution in [0.2, 0.25) is 0 Å². The minimum absolute atomic E-state index is 0.394. The molecule has 2 atom stereocenters. The quantitative estimate of drug-likeness (QED) is 0.773. The zero-order valence-corrected chi connectivity index (χ0v) is 11.5. The largest absolute Gasteiger partial charge is 0.494 e. The van der Waals surface area contributed by atoms with Gasteiger partial charge >= 0.3 is 0 Å². The fourth-order valence-corrected chi connectivity index (χ4v) is 1.71. The van der Waals surface area contributed by atoms with Crippen molar-refractivity contribution in [1.82, 2.24) is 5.32 Å². The molecule has 17 heavy (non-hydrogen) atoms. The van der Waals surface area contributed by atoms with E-state index in [0.29, 0.717) is 12.1 Å². The molecule has 96 valence electrons. The Kier molecular flexibility index (Phi) is 6.06. The number of nitrogens with one attached hydrogen (secondary N) is 1. The van der Waals surface area contributed by atoms with Crippen molar-refractivity contribution in [2.75, 3.05) is 6.61 Å². The molecule has 1 aromatic carbocycles. The third-order valence-corrected chi connectivity index (χ3v) is 3.00. The lowest BCUT2D eigenvalue weighted by Crippen LogP contribution is -2.28. The Morgan fingerprint density at radius 1 is 1.12 bits per heavy atom. The van der Waals surface area contributed by atoms with Gasteiger partial charge in [-0.2, -0.15) is 0 Å². The highest BCUT2D eigenvalue weighted by molar-refractivity contribution is 5.28. The van der Waals surface area contributed by atoms with Gasteiger partial charge in [-0.25, -0.2) is 0 Å². The summed E-state index contributed by atoms with van der Waals surface area (Å²) in [6, 6.07) is 9.35. The van der Waals surface area contributed by atoms with Gasteiger partial charge in [-0.15, -0.1) is 0 Å². The Labute approximate surface area is 105 Å². The summed E-state index contributed by atoms with van der Waals surface area (Å²) < 4.78 is 5.57. The topological polar surface area (TPSA) is 21.3 Å². The first-order chi connectivity index (χ1) is 8.17. The molecular formula is C15H25NO. The van der Waals surface area contributed by atoms with E-state index in [1.54, 1.807) is 0 Å². The van der Waals surface area contributed by atoms with Crippen LogP contribution in [0.15, 0.2) is 24.3 Å². The number of benzene rings is 1. The van der Waals surface area contributed by atoms with Crippen molar-refractivity contribution in [3.63, 3.8) is 0 Å². The zero-order valence-electron chi connectivity index (χ0n) is 11.5. The summed E-state index contributed by atoms with van der Waals surface area (Å²) in [6.07, 6.45) is 2.20. The van der Waals surface area contributed by atoms with Gasteiger partial charge in [0.25, 0.3) is 0 Å². The van der Waals surface area contributed by atoms with Crippen LogP contribution in [0.5, 0.6) is 5.75 Å². The van der Waals surface area contributed by atoms with Crippen molar-refractivity contribution in [2.45, 2.75) is 52.6 Å². The van der Waals surface area contributed by atoms with E-state index in [-0.39, 0.29) is 0 Å². The number of ether oxygens (including phenoxy) is 1. The van der Waals surface area contributed by atoms with E-state index in [2.05, 4.69) is 57.3 Å². The molecule has 1 N–H and O–H groups in total. The molecule has 2 nitrogen and oxygen atoms in total. The van der Waals surface area contributed by atoms with Crippen molar-refractivity contribution < 1.29 is 4.74 Å². The van der Waals surface area contributed by atoms with Crippen LogP contribution in [0.4, 0.5) is 0 Å². The van der Waals surface area contributed by atoms with Crippen molar-refractivity contribution in [1.29, 1.82) is 0 Å². The lowest BCUT2D eigenvalue weighted by atomic mass is 10.1. The summed E-state index contributed by atoms with van der Waals surface area (Å²) in [5.41, 5.74) is 1.31. The first kappa shape index (κ1) is 14.0. The predicted octanol–water partition coefficient (Wildman–Crippen LogP) is 3.92. The van der Waals surface area contributed by atoms with Crippen molar-refractivity contribution in [2.24, 2.45) is 0 Å². The first-order valence-corrected chi connectivity index (χ1v) is 6.66. The molecule has 1 rings (SSSR count). The second kappa shape index (κ2) is 7.33. The smallest absolute Gasteiger partial charge is 0.119 e. The standard InChI is InChI=1S/C15H25NO/c1-5-11-17-15-9-7-14(8-10-15)13(4)16-12(3)6-2/h7-10,12-13,16H,5-6,11H2,1-4H3/t12-,13-/m0/s1. The van der Waals surface area contributed by atoms with E-state index in [1.165, 1.54) is 5.56 Å². The highest BCUT2D eigenvalue weighted by Gasteiger charge is 2.07. The van der Waals surface area contributed by atoms with E-state index in [1.807, 2.05) is 0 Å². The number of rotatable bonds is 7. The number of hydrogen-bond acceptors (Lipinski definition) is 2. The van der Waals surface area contributed by atoms with Crippen molar-refractivity contribution >= 4 is 0 Å². The van der Waals surface area contributed by atoms with Gasteiger partial charge in [0.15, 0.2) is 0 Å². The van der Waals surface area contributed by atoms with Crippen LogP contribution < -0.4 is 10.1 Å². The lowest BCUT2D eigenvalue weighted by molar-refractivity contribution is 0.317.